The molecule has 1 aromatic heterocycles. The van der Waals surface area contributed by atoms with Gasteiger partial charge in [0.15, 0.2) is 0 Å². The van der Waals surface area contributed by atoms with Crippen LogP contribution in [0.3, 0.4) is 0 Å². The Hall–Kier alpha value is -1.68. The molecule has 0 N–H and O–H groups in total. The van der Waals surface area contributed by atoms with Crippen molar-refractivity contribution in [2.24, 2.45) is 0 Å². The maximum atomic E-state index is 5.00. The van der Waals surface area contributed by atoms with E-state index in [4.69, 9.17) is 4.52 Å². The summed E-state index contributed by atoms with van der Waals surface area (Å²) >= 11 is 0. The van der Waals surface area contributed by atoms with Crippen LogP contribution in [0.15, 0.2) is 28.8 Å². The van der Waals surface area contributed by atoms with Gasteiger partial charge in [0.25, 0.3) is 0 Å². The predicted molar refractivity (Wildman–Crippen MR) is 71.3 cm³/mol. The fourth-order valence-electron chi connectivity index (χ4n) is 1.88. The molecule has 0 aliphatic carbocycles. The third-order valence-electron chi connectivity index (χ3n) is 2.78. The first-order valence-corrected chi connectivity index (χ1v) is 6.19. The van der Waals surface area contributed by atoms with E-state index < -0.39 is 0 Å². The van der Waals surface area contributed by atoms with Crippen LogP contribution in [-0.4, -0.2) is 35.7 Å². The number of aryl methyl sites for hydroxylation is 2. The van der Waals surface area contributed by atoms with Gasteiger partial charge in [-0.15, -0.1) is 0 Å². The smallest absolute Gasteiger partial charge is 0.223 e. The Morgan fingerprint density at radius 1 is 1.28 bits per heavy atom. The highest BCUT2D eigenvalue weighted by Gasteiger charge is 2.06. The Bertz CT molecular complexity index is 505. The van der Waals surface area contributed by atoms with Gasteiger partial charge in [-0.05, 0) is 45.1 Å². The summed E-state index contributed by atoms with van der Waals surface area (Å²) in [6.45, 7) is 2.91. The highest BCUT2D eigenvalue weighted by Crippen LogP contribution is 2.17. The Kier molecular flexibility index (Phi) is 4.10. The first kappa shape index (κ1) is 12.8. The van der Waals surface area contributed by atoms with Crippen molar-refractivity contribution in [1.29, 1.82) is 0 Å². The molecular formula is C14H19N3O. The van der Waals surface area contributed by atoms with Crippen LogP contribution in [0.4, 0.5) is 0 Å². The monoisotopic (exact) mass is 245 g/mol. The van der Waals surface area contributed by atoms with E-state index in [1.807, 2.05) is 12.1 Å². The van der Waals surface area contributed by atoms with Crippen LogP contribution in [0.1, 0.15) is 17.9 Å². The van der Waals surface area contributed by atoms with Crippen molar-refractivity contribution in [3.63, 3.8) is 0 Å². The Morgan fingerprint density at radius 3 is 2.78 bits per heavy atom. The van der Waals surface area contributed by atoms with Crippen LogP contribution >= 0.6 is 0 Å². The van der Waals surface area contributed by atoms with Gasteiger partial charge in [0.1, 0.15) is 0 Å². The molecule has 0 saturated carbocycles. The van der Waals surface area contributed by atoms with Crippen LogP contribution in [0.5, 0.6) is 0 Å². The zero-order valence-corrected chi connectivity index (χ0v) is 11.2. The molecule has 0 saturated heterocycles. The number of benzene rings is 1. The number of aromatic nitrogens is 2. The molecule has 0 aliphatic rings. The summed E-state index contributed by atoms with van der Waals surface area (Å²) in [5, 5.41) is 3.94. The lowest BCUT2D eigenvalue weighted by Gasteiger charge is -2.09. The van der Waals surface area contributed by atoms with E-state index in [0.29, 0.717) is 11.7 Å². The number of nitrogens with zero attached hydrogens (tertiary/aromatic N) is 3. The molecule has 18 heavy (non-hydrogen) atoms. The fraction of sp³-hybridized carbons (Fsp3) is 0.429. The standard InChI is InChI=1S/C14H19N3O/c1-11-15-14(16-18-11)13-8-4-6-12(10-13)7-5-9-17(2)3/h4,6,8,10H,5,7,9H2,1-3H3. The largest absolute Gasteiger partial charge is 0.339 e. The first-order chi connectivity index (χ1) is 8.65. The summed E-state index contributed by atoms with van der Waals surface area (Å²) in [6.07, 6.45) is 2.23. The first-order valence-electron chi connectivity index (χ1n) is 6.19. The van der Waals surface area contributed by atoms with E-state index in [2.05, 4.69) is 41.3 Å². The molecule has 0 radical (unpaired) electrons. The molecule has 0 fully saturated rings. The lowest BCUT2D eigenvalue weighted by Crippen LogP contribution is -2.13. The topological polar surface area (TPSA) is 42.2 Å². The van der Waals surface area contributed by atoms with E-state index in [9.17, 15) is 0 Å². The summed E-state index contributed by atoms with van der Waals surface area (Å²) in [6, 6.07) is 8.35. The van der Waals surface area contributed by atoms with Crippen molar-refractivity contribution in [3.05, 3.63) is 35.7 Å². The molecule has 0 aliphatic heterocycles. The van der Waals surface area contributed by atoms with E-state index in [1.54, 1.807) is 6.92 Å². The molecule has 0 unspecified atom stereocenters. The van der Waals surface area contributed by atoms with Crippen molar-refractivity contribution in [2.75, 3.05) is 20.6 Å². The van der Waals surface area contributed by atoms with Gasteiger partial charge in [0.2, 0.25) is 11.7 Å². The summed E-state index contributed by atoms with van der Waals surface area (Å²) in [4.78, 5) is 6.45. The van der Waals surface area contributed by atoms with Gasteiger partial charge in [-0.1, -0.05) is 23.4 Å². The molecule has 2 rings (SSSR count). The quantitative estimate of drug-likeness (QED) is 0.811. The van der Waals surface area contributed by atoms with Gasteiger partial charge in [-0.25, -0.2) is 0 Å². The molecule has 96 valence electrons. The highest BCUT2D eigenvalue weighted by atomic mass is 16.5. The van der Waals surface area contributed by atoms with Gasteiger partial charge in [-0.2, -0.15) is 4.98 Å². The number of rotatable bonds is 5. The van der Waals surface area contributed by atoms with Crippen LogP contribution in [0.25, 0.3) is 11.4 Å². The van der Waals surface area contributed by atoms with Crippen LogP contribution in [-0.2, 0) is 6.42 Å². The van der Waals surface area contributed by atoms with Crippen LogP contribution in [0.2, 0.25) is 0 Å². The van der Waals surface area contributed by atoms with E-state index in [0.717, 1.165) is 24.9 Å². The Balaban J connectivity index is 2.05. The predicted octanol–water partition coefficient (Wildman–Crippen LogP) is 2.54. The molecule has 0 atom stereocenters. The van der Waals surface area contributed by atoms with Gasteiger partial charge < -0.3 is 9.42 Å². The van der Waals surface area contributed by atoms with Gasteiger partial charge in [0.05, 0.1) is 0 Å². The molecule has 4 nitrogen and oxygen atoms in total. The number of hydrogen-bond donors (Lipinski definition) is 0. The second kappa shape index (κ2) is 5.78. The highest BCUT2D eigenvalue weighted by molar-refractivity contribution is 5.55. The fourth-order valence-corrected chi connectivity index (χ4v) is 1.88. The molecule has 1 aromatic carbocycles. The molecule has 1 heterocycles. The minimum atomic E-state index is 0.600. The SMILES string of the molecule is Cc1nc(-c2cccc(CCCN(C)C)c2)no1. The summed E-state index contributed by atoms with van der Waals surface area (Å²) < 4.78 is 5.00. The van der Waals surface area contributed by atoms with Crippen molar-refractivity contribution in [1.82, 2.24) is 15.0 Å². The lowest BCUT2D eigenvalue weighted by molar-refractivity contribution is 0.394. The average Bonchev–Trinajstić information content (AvgIpc) is 2.76. The van der Waals surface area contributed by atoms with E-state index in [-0.39, 0.29) is 0 Å². The number of hydrogen-bond acceptors (Lipinski definition) is 4. The Morgan fingerprint density at radius 2 is 2.11 bits per heavy atom. The maximum absolute atomic E-state index is 5.00. The average molecular weight is 245 g/mol. The molecule has 0 amide bonds. The summed E-state index contributed by atoms with van der Waals surface area (Å²) in [7, 11) is 4.19. The zero-order chi connectivity index (χ0) is 13.0. The maximum Gasteiger partial charge on any atom is 0.223 e. The second-order valence-electron chi connectivity index (χ2n) is 4.74. The second-order valence-corrected chi connectivity index (χ2v) is 4.74. The Labute approximate surface area is 108 Å². The van der Waals surface area contributed by atoms with Gasteiger partial charge in [0, 0.05) is 12.5 Å². The third-order valence-corrected chi connectivity index (χ3v) is 2.78. The van der Waals surface area contributed by atoms with Crippen molar-refractivity contribution < 1.29 is 4.52 Å². The van der Waals surface area contributed by atoms with E-state index >= 15 is 0 Å². The normalized spacial score (nSPS) is 11.1. The van der Waals surface area contributed by atoms with Crippen LogP contribution < -0.4 is 0 Å². The minimum absolute atomic E-state index is 0.600. The van der Waals surface area contributed by atoms with Gasteiger partial charge >= 0.3 is 0 Å². The summed E-state index contributed by atoms with van der Waals surface area (Å²) in [5.41, 5.74) is 2.34. The van der Waals surface area contributed by atoms with Crippen molar-refractivity contribution in [3.8, 4) is 11.4 Å². The van der Waals surface area contributed by atoms with E-state index in [1.165, 1.54) is 5.56 Å². The summed E-state index contributed by atoms with van der Waals surface area (Å²) in [5.74, 6) is 1.27. The molecule has 0 bridgehead atoms. The molecule has 2 aromatic rings. The molecule has 0 spiro atoms. The van der Waals surface area contributed by atoms with Gasteiger partial charge in [-0.3, -0.25) is 0 Å². The van der Waals surface area contributed by atoms with Crippen LogP contribution in [0, 0.1) is 6.92 Å². The lowest BCUT2D eigenvalue weighted by atomic mass is 10.1. The minimum Gasteiger partial charge on any atom is -0.339 e. The van der Waals surface area contributed by atoms with Crippen molar-refractivity contribution in [2.45, 2.75) is 19.8 Å². The zero-order valence-electron chi connectivity index (χ0n) is 11.2. The molecule has 4 heteroatoms. The molecular weight excluding hydrogens is 226 g/mol. The third kappa shape index (κ3) is 3.40. The van der Waals surface area contributed by atoms with Crippen molar-refractivity contribution >= 4 is 0 Å².